The van der Waals surface area contributed by atoms with Crippen LogP contribution >= 0.6 is 0 Å². The summed E-state index contributed by atoms with van der Waals surface area (Å²) in [5.74, 6) is 1.86. The molecule has 0 spiro atoms. The maximum Gasteiger partial charge on any atom is 0.411 e. The van der Waals surface area contributed by atoms with E-state index in [0.29, 0.717) is 6.54 Å². The zero-order valence-electron chi connectivity index (χ0n) is 14.4. The van der Waals surface area contributed by atoms with E-state index in [1.807, 2.05) is 31.7 Å². The molecule has 0 unspecified atom stereocenters. The highest BCUT2D eigenvalue weighted by molar-refractivity contribution is 5.70. The first kappa shape index (κ1) is 15.4. The smallest absolute Gasteiger partial charge is 0.411 e. The summed E-state index contributed by atoms with van der Waals surface area (Å²) in [7, 11) is 0. The maximum absolute atomic E-state index is 12.7. The number of ether oxygens (including phenoxy) is 3. The van der Waals surface area contributed by atoms with Crippen molar-refractivity contribution in [2.45, 2.75) is 57.7 Å². The summed E-state index contributed by atoms with van der Waals surface area (Å²) in [4.78, 5) is 14.6. The van der Waals surface area contributed by atoms with E-state index in [2.05, 4.69) is 18.2 Å². The van der Waals surface area contributed by atoms with Crippen LogP contribution in [0.25, 0.3) is 0 Å². The predicted molar refractivity (Wildman–Crippen MR) is 89.2 cm³/mol. The molecular formula is C19H23NO4. The number of hydrogen-bond acceptors (Lipinski definition) is 4. The van der Waals surface area contributed by atoms with Crippen molar-refractivity contribution in [1.29, 1.82) is 0 Å². The Bertz CT molecular complexity index is 704. The molecule has 0 saturated carbocycles. The minimum absolute atomic E-state index is 0.0430. The van der Waals surface area contributed by atoms with Crippen LogP contribution in [0.1, 0.15) is 50.7 Å². The molecule has 1 aromatic carbocycles. The van der Waals surface area contributed by atoms with Gasteiger partial charge in [0.2, 0.25) is 6.79 Å². The quantitative estimate of drug-likeness (QED) is 0.676. The fourth-order valence-corrected chi connectivity index (χ4v) is 3.75. The average molecular weight is 329 g/mol. The molecule has 0 saturated heterocycles. The van der Waals surface area contributed by atoms with Gasteiger partial charge < -0.3 is 14.2 Å². The van der Waals surface area contributed by atoms with Crippen LogP contribution in [0.5, 0.6) is 11.5 Å². The van der Waals surface area contributed by atoms with Gasteiger partial charge in [-0.1, -0.05) is 12.2 Å². The first-order chi connectivity index (χ1) is 11.4. The molecule has 5 heteroatoms. The van der Waals surface area contributed by atoms with Crippen molar-refractivity contribution in [2.24, 2.45) is 0 Å². The summed E-state index contributed by atoms with van der Waals surface area (Å²) >= 11 is 0. The lowest BCUT2D eigenvalue weighted by molar-refractivity contribution is 0.0127. The number of fused-ring (bicyclic) bond motifs is 4. The van der Waals surface area contributed by atoms with Crippen molar-refractivity contribution < 1.29 is 19.0 Å². The van der Waals surface area contributed by atoms with Gasteiger partial charge in [-0.3, -0.25) is 4.90 Å². The lowest BCUT2D eigenvalue weighted by Crippen LogP contribution is -2.48. The van der Waals surface area contributed by atoms with Gasteiger partial charge in [0.05, 0.1) is 12.6 Å². The molecule has 0 radical (unpaired) electrons. The summed E-state index contributed by atoms with van der Waals surface area (Å²) in [5.41, 5.74) is 1.90. The normalized spacial score (nSPS) is 24.4. The Morgan fingerprint density at radius 3 is 2.75 bits per heavy atom. The molecule has 0 aromatic heterocycles. The molecule has 4 rings (SSSR count). The van der Waals surface area contributed by atoms with E-state index in [4.69, 9.17) is 14.2 Å². The third-order valence-corrected chi connectivity index (χ3v) is 4.75. The van der Waals surface area contributed by atoms with E-state index >= 15 is 0 Å². The fraction of sp³-hybridized carbons (Fsp3) is 0.526. The monoisotopic (exact) mass is 329 g/mol. The van der Waals surface area contributed by atoms with E-state index < -0.39 is 5.60 Å². The van der Waals surface area contributed by atoms with E-state index in [-0.39, 0.29) is 24.8 Å². The summed E-state index contributed by atoms with van der Waals surface area (Å²) in [6, 6.07) is 4.16. The van der Waals surface area contributed by atoms with Crippen molar-refractivity contribution in [2.75, 3.05) is 6.79 Å². The second-order valence-corrected chi connectivity index (χ2v) is 7.62. The van der Waals surface area contributed by atoms with Crippen molar-refractivity contribution in [3.05, 3.63) is 35.4 Å². The molecule has 0 bridgehead atoms. The Hall–Kier alpha value is -2.17. The van der Waals surface area contributed by atoms with Crippen LogP contribution < -0.4 is 9.47 Å². The minimum Gasteiger partial charge on any atom is -0.454 e. The van der Waals surface area contributed by atoms with Crippen LogP contribution in [0.3, 0.4) is 0 Å². The number of amides is 1. The largest absolute Gasteiger partial charge is 0.454 e. The maximum atomic E-state index is 12.7. The van der Waals surface area contributed by atoms with E-state index in [1.54, 1.807) is 0 Å². The Labute approximate surface area is 142 Å². The summed E-state index contributed by atoms with van der Waals surface area (Å²) in [6.07, 6.45) is 6.10. The van der Waals surface area contributed by atoms with E-state index in [1.165, 1.54) is 5.56 Å². The van der Waals surface area contributed by atoms with Crippen LogP contribution in [0.4, 0.5) is 4.79 Å². The number of hydrogen-bond donors (Lipinski definition) is 0. The fourth-order valence-electron chi connectivity index (χ4n) is 3.75. The molecule has 2 aliphatic heterocycles. The van der Waals surface area contributed by atoms with Gasteiger partial charge in [0.1, 0.15) is 5.60 Å². The first-order valence-corrected chi connectivity index (χ1v) is 8.51. The topological polar surface area (TPSA) is 48.0 Å². The van der Waals surface area contributed by atoms with Crippen LogP contribution in [0.2, 0.25) is 0 Å². The number of carbonyl (C=O) groups excluding carboxylic acids is 1. The van der Waals surface area contributed by atoms with Crippen LogP contribution in [-0.2, 0) is 11.3 Å². The van der Waals surface area contributed by atoms with Gasteiger partial charge in [-0.2, -0.15) is 0 Å². The number of carbonyl (C=O) groups is 1. The third-order valence-electron chi connectivity index (χ3n) is 4.75. The molecule has 2 atom stereocenters. The summed E-state index contributed by atoms with van der Waals surface area (Å²) in [6.45, 7) is 6.49. The van der Waals surface area contributed by atoms with E-state index in [0.717, 1.165) is 29.9 Å². The van der Waals surface area contributed by atoms with Crippen LogP contribution in [0, 0.1) is 0 Å². The molecule has 0 fully saturated rings. The van der Waals surface area contributed by atoms with Gasteiger partial charge in [0.15, 0.2) is 11.5 Å². The number of allylic oxidation sites excluding steroid dienone is 1. The standard InChI is InChI=1S/C19H23NO4/c1-19(2,3)24-18(21)20-10-12-8-16-17(23-11-22-16)9-14(12)13-6-4-5-7-15(13)20/h5,7-9,13,15H,4,6,10-11H2,1-3H3/t13-,15-/m0/s1. The third kappa shape index (κ3) is 2.62. The molecule has 2 heterocycles. The molecule has 128 valence electrons. The van der Waals surface area contributed by atoms with Gasteiger partial charge in [-0.15, -0.1) is 0 Å². The van der Waals surface area contributed by atoms with Crippen LogP contribution in [0.15, 0.2) is 24.3 Å². The lowest BCUT2D eigenvalue weighted by Gasteiger charge is -2.43. The minimum atomic E-state index is -0.500. The molecule has 24 heavy (non-hydrogen) atoms. The molecule has 1 aliphatic carbocycles. The highest BCUT2D eigenvalue weighted by atomic mass is 16.7. The summed E-state index contributed by atoms with van der Waals surface area (Å²) < 4.78 is 16.7. The number of benzene rings is 1. The highest BCUT2D eigenvalue weighted by Crippen LogP contribution is 2.45. The van der Waals surface area contributed by atoms with Crippen molar-refractivity contribution >= 4 is 6.09 Å². The Kier molecular flexibility index (Phi) is 3.48. The number of nitrogens with zero attached hydrogens (tertiary/aromatic N) is 1. The first-order valence-electron chi connectivity index (χ1n) is 8.51. The average Bonchev–Trinajstić information content (AvgIpc) is 2.97. The lowest BCUT2D eigenvalue weighted by atomic mass is 9.78. The zero-order valence-corrected chi connectivity index (χ0v) is 14.4. The van der Waals surface area contributed by atoms with Gasteiger partial charge in [-0.25, -0.2) is 4.79 Å². The number of rotatable bonds is 0. The van der Waals surface area contributed by atoms with Gasteiger partial charge in [-0.05, 0) is 56.9 Å². The molecule has 5 nitrogen and oxygen atoms in total. The molecule has 3 aliphatic rings. The zero-order chi connectivity index (χ0) is 16.9. The Balaban J connectivity index is 1.72. The van der Waals surface area contributed by atoms with Gasteiger partial charge in [0, 0.05) is 5.92 Å². The van der Waals surface area contributed by atoms with Crippen molar-refractivity contribution in [3.8, 4) is 11.5 Å². The highest BCUT2D eigenvalue weighted by Gasteiger charge is 2.39. The molecule has 1 amide bonds. The van der Waals surface area contributed by atoms with Gasteiger partial charge >= 0.3 is 6.09 Å². The van der Waals surface area contributed by atoms with Crippen molar-refractivity contribution in [3.63, 3.8) is 0 Å². The second-order valence-electron chi connectivity index (χ2n) is 7.62. The predicted octanol–water partition coefficient (Wildman–Crippen LogP) is 3.97. The van der Waals surface area contributed by atoms with E-state index in [9.17, 15) is 4.79 Å². The molecular weight excluding hydrogens is 306 g/mol. The second kappa shape index (κ2) is 5.43. The molecule has 1 aromatic rings. The Morgan fingerprint density at radius 2 is 2.00 bits per heavy atom. The SMILES string of the molecule is CC(C)(C)OC(=O)N1Cc2cc3c(cc2[C@@H]2CCC=C[C@@H]21)OCO3. The van der Waals surface area contributed by atoms with Crippen molar-refractivity contribution in [1.82, 2.24) is 4.90 Å². The Morgan fingerprint density at radius 1 is 1.25 bits per heavy atom. The molecule has 0 N–H and O–H groups in total. The van der Waals surface area contributed by atoms with Gasteiger partial charge in [0.25, 0.3) is 0 Å². The van der Waals surface area contributed by atoms with Crippen LogP contribution in [-0.4, -0.2) is 29.4 Å². The summed E-state index contributed by atoms with van der Waals surface area (Å²) in [5, 5.41) is 0.